The monoisotopic (exact) mass is 153 g/mol. The Bertz CT molecular complexity index is 208. The summed E-state index contributed by atoms with van der Waals surface area (Å²) in [5.41, 5.74) is 7.12. The summed E-state index contributed by atoms with van der Waals surface area (Å²) in [5.74, 6) is 0. The van der Waals surface area contributed by atoms with Gasteiger partial charge in [0.25, 0.3) is 0 Å². The van der Waals surface area contributed by atoms with E-state index in [0.29, 0.717) is 0 Å². The standard InChI is InChI=1S/C9H15NO/c1-9(2,3)8(10)7-4-5-11-6-7/h4-6,8H,10H2,1-3H3/t8-/m0/s1. The van der Waals surface area contributed by atoms with Crippen LogP contribution in [0, 0.1) is 5.41 Å². The van der Waals surface area contributed by atoms with Crippen molar-refractivity contribution >= 4 is 0 Å². The van der Waals surface area contributed by atoms with E-state index >= 15 is 0 Å². The molecule has 2 heteroatoms. The van der Waals surface area contributed by atoms with E-state index < -0.39 is 0 Å². The Kier molecular flexibility index (Phi) is 2.05. The molecule has 2 N–H and O–H groups in total. The highest BCUT2D eigenvalue weighted by Crippen LogP contribution is 2.30. The molecule has 1 rings (SSSR count). The molecule has 0 amide bonds. The highest BCUT2D eigenvalue weighted by Gasteiger charge is 2.22. The molecule has 0 aliphatic heterocycles. The molecule has 11 heavy (non-hydrogen) atoms. The lowest BCUT2D eigenvalue weighted by atomic mass is 9.84. The van der Waals surface area contributed by atoms with E-state index in [1.807, 2.05) is 6.07 Å². The van der Waals surface area contributed by atoms with Crippen LogP contribution >= 0.6 is 0 Å². The first-order valence-electron chi connectivity index (χ1n) is 3.79. The lowest BCUT2D eigenvalue weighted by Gasteiger charge is -2.25. The SMILES string of the molecule is CC(C)(C)[C@@H](N)c1ccoc1. The quantitative estimate of drug-likeness (QED) is 0.672. The fourth-order valence-corrected chi connectivity index (χ4v) is 0.952. The Morgan fingerprint density at radius 2 is 2.09 bits per heavy atom. The van der Waals surface area contributed by atoms with Crippen LogP contribution in [-0.2, 0) is 0 Å². The van der Waals surface area contributed by atoms with Gasteiger partial charge in [0.1, 0.15) is 0 Å². The van der Waals surface area contributed by atoms with Crippen molar-refractivity contribution < 1.29 is 4.42 Å². The second kappa shape index (κ2) is 2.70. The second-order valence-corrected chi connectivity index (χ2v) is 3.90. The molecule has 0 radical (unpaired) electrons. The molecule has 0 aromatic carbocycles. The predicted molar refractivity (Wildman–Crippen MR) is 45.1 cm³/mol. The van der Waals surface area contributed by atoms with Crippen LogP contribution in [0.15, 0.2) is 23.0 Å². The van der Waals surface area contributed by atoms with Crippen molar-refractivity contribution in [2.75, 3.05) is 0 Å². The second-order valence-electron chi connectivity index (χ2n) is 3.90. The van der Waals surface area contributed by atoms with Crippen molar-refractivity contribution in [2.24, 2.45) is 11.1 Å². The Morgan fingerprint density at radius 1 is 1.45 bits per heavy atom. The Labute approximate surface area is 67.4 Å². The number of rotatable bonds is 1. The largest absolute Gasteiger partial charge is 0.472 e. The molecule has 1 aromatic heterocycles. The van der Waals surface area contributed by atoms with Crippen LogP contribution in [0.4, 0.5) is 0 Å². The van der Waals surface area contributed by atoms with E-state index in [1.54, 1.807) is 12.5 Å². The minimum absolute atomic E-state index is 0.0567. The fourth-order valence-electron chi connectivity index (χ4n) is 0.952. The van der Waals surface area contributed by atoms with Gasteiger partial charge in [-0.2, -0.15) is 0 Å². The maximum absolute atomic E-state index is 5.96. The van der Waals surface area contributed by atoms with Crippen molar-refractivity contribution in [2.45, 2.75) is 26.8 Å². The van der Waals surface area contributed by atoms with Gasteiger partial charge in [0.05, 0.1) is 12.5 Å². The Balaban J connectivity index is 2.78. The van der Waals surface area contributed by atoms with E-state index in [2.05, 4.69) is 20.8 Å². The molecule has 0 unspecified atom stereocenters. The van der Waals surface area contributed by atoms with Gasteiger partial charge < -0.3 is 10.2 Å². The van der Waals surface area contributed by atoms with E-state index in [0.717, 1.165) is 5.56 Å². The molecule has 0 bridgehead atoms. The van der Waals surface area contributed by atoms with Gasteiger partial charge in [-0.1, -0.05) is 20.8 Å². The summed E-state index contributed by atoms with van der Waals surface area (Å²) in [6.45, 7) is 6.35. The first-order valence-corrected chi connectivity index (χ1v) is 3.79. The summed E-state index contributed by atoms with van der Waals surface area (Å²) < 4.78 is 4.95. The molecule has 1 heterocycles. The van der Waals surface area contributed by atoms with Gasteiger partial charge in [0.2, 0.25) is 0 Å². The van der Waals surface area contributed by atoms with E-state index in [4.69, 9.17) is 10.2 Å². The van der Waals surface area contributed by atoms with Gasteiger partial charge in [-0.15, -0.1) is 0 Å². The zero-order chi connectivity index (χ0) is 8.48. The summed E-state index contributed by atoms with van der Waals surface area (Å²) in [6.07, 6.45) is 3.36. The Morgan fingerprint density at radius 3 is 2.45 bits per heavy atom. The summed E-state index contributed by atoms with van der Waals surface area (Å²) >= 11 is 0. The van der Waals surface area contributed by atoms with Gasteiger partial charge in [-0.3, -0.25) is 0 Å². The van der Waals surface area contributed by atoms with Crippen LogP contribution in [0.1, 0.15) is 32.4 Å². The van der Waals surface area contributed by atoms with Crippen LogP contribution in [0.3, 0.4) is 0 Å². The molecule has 62 valence electrons. The highest BCUT2D eigenvalue weighted by atomic mass is 16.3. The van der Waals surface area contributed by atoms with Crippen LogP contribution in [0.5, 0.6) is 0 Å². The molecule has 1 atom stereocenters. The number of hydrogen-bond acceptors (Lipinski definition) is 2. The zero-order valence-electron chi connectivity index (χ0n) is 7.29. The molecule has 1 aromatic rings. The zero-order valence-corrected chi connectivity index (χ0v) is 7.29. The smallest absolute Gasteiger partial charge is 0.0950 e. The fraction of sp³-hybridized carbons (Fsp3) is 0.556. The topological polar surface area (TPSA) is 39.2 Å². The van der Waals surface area contributed by atoms with Crippen molar-refractivity contribution in [3.8, 4) is 0 Å². The normalized spacial score (nSPS) is 14.9. The number of hydrogen-bond donors (Lipinski definition) is 1. The van der Waals surface area contributed by atoms with Crippen molar-refractivity contribution in [3.05, 3.63) is 24.2 Å². The van der Waals surface area contributed by atoms with E-state index in [9.17, 15) is 0 Å². The number of furan rings is 1. The van der Waals surface area contributed by atoms with Crippen LogP contribution in [0.2, 0.25) is 0 Å². The molecule has 0 fully saturated rings. The molecule has 0 aliphatic rings. The first-order chi connectivity index (χ1) is 5.02. The van der Waals surface area contributed by atoms with E-state index in [1.165, 1.54) is 0 Å². The van der Waals surface area contributed by atoms with Crippen LogP contribution in [-0.4, -0.2) is 0 Å². The third-order valence-electron chi connectivity index (χ3n) is 1.84. The third-order valence-corrected chi connectivity index (χ3v) is 1.84. The van der Waals surface area contributed by atoms with Gasteiger partial charge in [0.15, 0.2) is 0 Å². The van der Waals surface area contributed by atoms with Gasteiger partial charge in [-0.05, 0) is 11.5 Å². The summed E-state index contributed by atoms with van der Waals surface area (Å²) in [4.78, 5) is 0. The molecular formula is C9H15NO. The lowest BCUT2D eigenvalue weighted by Crippen LogP contribution is -2.25. The van der Waals surface area contributed by atoms with Crippen LogP contribution in [0.25, 0.3) is 0 Å². The predicted octanol–water partition coefficient (Wildman–Crippen LogP) is 2.33. The average Bonchev–Trinajstić information content (AvgIpc) is 2.34. The van der Waals surface area contributed by atoms with E-state index in [-0.39, 0.29) is 11.5 Å². The van der Waals surface area contributed by atoms with Crippen molar-refractivity contribution in [1.82, 2.24) is 0 Å². The van der Waals surface area contributed by atoms with Crippen LogP contribution < -0.4 is 5.73 Å². The van der Waals surface area contributed by atoms with Gasteiger partial charge in [0, 0.05) is 11.6 Å². The minimum Gasteiger partial charge on any atom is -0.472 e. The maximum Gasteiger partial charge on any atom is 0.0950 e. The van der Waals surface area contributed by atoms with Gasteiger partial charge in [-0.25, -0.2) is 0 Å². The maximum atomic E-state index is 5.96. The average molecular weight is 153 g/mol. The van der Waals surface area contributed by atoms with Gasteiger partial charge >= 0.3 is 0 Å². The molecule has 0 spiro atoms. The summed E-state index contributed by atoms with van der Waals surface area (Å²) in [5, 5.41) is 0. The number of nitrogens with two attached hydrogens (primary N) is 1. The molecule has 2 nitrogen and oxygen atoms in total. The molecular weight excluding hydrogens is 138 g/mol. The lowest BCUT2D eigenvalue weighted by molar-refractivity contribution is 0.325. The molecule has 0 saturated carbocycles. The summed E-state index contributed by atoms with van der Waals surface area (Å²) in [6, 6.07) is 1.97. The van der Waals surface area contributed by atoms with Crippen molar-refractivity contribution in [1.29, 1.82) is 0 Å². The summed E-state index contributed by atoms with van der Waals surface area (Å²) in [7, 11) is 0. The molecule has 0 aliphatic carbocycles. The first kappa shape index (κ1) is 8.34. The molecule has 0 saturated heterocycles. The van der Waals surface area contributed by atoms with Crippen molar-refractivity contribution in [3.63, 3.8) is 0 Å². The minimum atomic E-state index is 0.0567. The third kappa shape index (κ3) is 1.84. The highest BCUT2D eigenvalue weighted by molar-refractivity contribution is 5.13. The Hall–Kier alpha value is -0.760.